The normalized spacial score (nSPS) is 24.9. The largest absolute Gasteiger partial charge is 0.316 e. The highest BCUT2D eigenvalue weighted by molar-refractivity contribution is 7.91. The second-order valence-electron chi connectivity index (χ2n) is 5.85. The number of hydrogen-bond donors (Lipinski definition) is 1. The van der Waals surface area contributed by atoms with Crippen molar-refractivity contribution in [3.8, 4) is 0 Å². The number of sulfonamides is 1. The zero-order chi connectivity index (χ0) is 14.9. The molecule has 0 radical (unpaired) electrons. The van der Waals surface area contributed by atoms with Crippen LogP contribution in [0.15, 0.2) is 15.7 Å². The number of hydrogen-bond acceptors (Lipinski definition) is 5. The molecule has 118 valence electrons. The lowest BCUT2D eigenvalue weighted by Gasteiger charge is -2.23. The van der Waals surface area contributed by atoms with Crippen molar-refractivity contribution in [3.63, 3.8) is 0 Å². The van der Waals surface area contributed by atoms with Crippen LogP contribution in [-0.4, -0.2) is 56.9 Å². The Kier molecular flexibility index (Phi) is 4.66. The van der Waals surface area contributed by atoms with Crippen molar-refractivity contribution < 1.29 is 8.42 Å². The summed E-state index contributed by atoms with van der Waals surface area (Å²) in [7, 11) is -1.43. The molecule has 1 aromatic rings. The van der Waals surface area contributed by atoms with Crippen LogP contribution in [-0.2, 0) is 16.6 Å². The van der Waals surface area contributed by atoms with E-state index in [9.17, 15) is 8.42 Å². The fourth-order valence-corrected chi connectivity index (χ4v) is 6.10. The second kappa shape index (κ2) is 6.34. The van der Waals surface area contributed by atoms with Gasteiger partial charge in [-0.2, -0.15) is 4.31 Å². The van der Waals surface area contributed by atoms with E-state index in [0.717, 1.165) is 25.1 Å². The average Bonchev–Trinajstić information content (AvgIpc) is 3.20. The molecule has 2 fully saturated rings. The molecule has 0 aromatic carbocycles. The molecule has 0 spiro atoms. The van der Waals surface area contributed by atoms with Crippen molar-refractivity contribution in [3.05, 3.63) is 17.0 Å². The van der Waals surface area contributed by atoms with Gasteiger partial charge in [0, 0.05) is 25.7 Å². The molecule has 0 bridgehead atoms. The Morgan fingerprint density at radius 3 is 2.81 bits per heavy atom. The second-order valence-corrected chi connectivity index (χ2v) is 8.93. The quantitative estimate of drug-likeness (QED) is 0.885. The van der Waals surface area contributed by atoms with Crippen molar-refractivity contribution in [2.75, 3.05) is 33.2 Å². The molecule has 0 amide bonds. The Labute approximate surface area is 131 Å². The SMILES string of the molecule is CNCc1csc(S(=O)(=O)N2CCC(N3CCCC3)C2)c1. The Hall–Kier alpha value is -0.470. The summed E-state index contributed by atoms with van der Waals surface area (Å²) in [4.78, 5) is 2.45. The van der Waals surface area contributed by atoms with E-state index in [1.807, 2.05) is 12.4 Å². The van der Waals surface area contributed by atoms with Crippen LogP contribution in [0.5, 0.6) is 0 Å². The van der Waals surface area contributed by atoms with Gasteiger partial charge < -0.3 is 5.32 Å². The number of likely N-dealkylation sites (tertiary alicyclic amines) is 1. The van der Waals surface area contributed by atoms with Crippen LogP contribution in [0.1, 0.15) is 24.8 Å². The van der Waals surface area contributed by atoms with E-state index in [0.29, 0.717) is 29.9 Å². The Bertz CT molecular complexity index is 579. The van der Waals surface area contributed by atoms with Crippen molar-refractivity contribution in [2.24, 2.45) is 0 Å². The molecule has 3 heterocycles. The average molecular weight is 329 g/mol. The minimum Gasteiger partial charge on any atom is -0.316 e. The maximum atomic E-state index is 12.7. The molecule has 5 nitrogen and oxygen atoms in total. The van der Waals surface area contributed by atoms with E-state index >= 15 is 0 Å². The highest BCUT2D eigenvalue weighted by atomic mass is 32.2. The smallest absolute Gasteiger partial charge is 0.252 e. The molecule has 2 saturated heterocycles. The zero-order valence-electron chi connectivity index (χ0n) is 12.4. The summed E-state index contributed by atoms with van der Waals surface area (Å²) in [6.45, 7) is 4.28. The number of thiophene rings is 1. The van der Waals surface area contributed by atoms with Gasteiger partial charge >= 0.3 is 0 Å². The number of nitrogens with one attached hydrogen (secondary N) is 1. The third-order valence-corrected chi connectivity index (χ3v) is 7.72. The van der Waals surface area contributed by atoms with Gasteiger partial charge in [0.2, 0.25) is 0 Å². The molecule has 0 aliphatic carbocycles. The lowest BCUT2D eigenvalue weighted by Crippen LogP contribution is -2.36. The molecule has 7 heteroatoms. The van der Waals surface area contributed by atoms with Gasteiger partial charge in [-0.3, -0.25) is 4.90 Å². The summed E-state index contributed by atoms with van der Waals surface area (Å²) in [6, 6.07) is 2.22. The van der Waals surface area contributed by atoms with Gasteiger partial charge in [-0.15, -0.1) is 11.3 Å². The first kappa shape index (κ1) is 15.4. The topological polar surface area (TPSA) is 52.7 Å². The van der Waals surface area contributed by atoms with Gasteiger partial charge in [-0.05, 0) is 56.4 Å². The van der Waals surface area contributed by atoms with Crippen LogP contribution >= 0.6 is 11.3 Å². The van der Waals surface area contributed by atoms with Crippen molar-refractivity contribution in [1.29, 1.82) is 0 Å². The highest BCUT2D eigenvalue weighted by Crippen LogP contribution is 2.29. The summed E-state index contributed by atoms with van der Waals surface area (Å²) < 4.78 is 27.6. The molecule has 1 atom stereocenters. The van der Waals surface area contributed by atoms with Gasteiger partial charge in [-0.1, -0.05) is 0 Å². The predicted octanol–water partition coefficient (Wildman–Crippen LogP) is 1.33. The molecule has 3 rings (SSSR count). The molecule has 2 aliphatic heterocycles. The first-order chi connectivity index (χ1) is 10.1. The van der Waals surface area contributed by atoms with Crippen molar-refractivity contribution in [2.45, 2.75) is 36.1 Å². The standard InChI is InChI=1S/C14H23N3O2S2/c1-15-9-12-8-14(20-11-12)21(18,19)17-7-4-13(10-17)16-5-2-3-6-16/h8,11,13,15H,2-7,9-10H2,1H3. The summed E-state index contributed by atoms with van der Waals surface area (Å²) in [6.07, 6.45) is 3.47. The third-order valence-electron chi connectivity index (χ3n) is 4.39. The van der Waals surface area contributed by atoms with Crippen molar-refractivity contribution in [1.82, 2.24) is 14.5 Å². The Morgan fingerprint density at radius 1 is 1.33 bits per heavy atom. The Morgan fingerprint density at radius 2 is 2.10 bits per heavy atom. The van der Waals surface area contributed by atoms with Gasteiger partial charge in [0.1, 0.15) is 4.21 Å². The molecule has 1 unspecified atom stereocenters. The van der Waals surface area contributed by atoms with Crippen molar-refractivity contribution >= 4 is 21.4 Å². The number of rotatable bonds is 5. The molecule has 2 aliphatic rings. The van der Waals surface area contributed by atoms with Crippen LogP contribution in [0, 0.1) is 0 Å². The zero-order valence-corrected chi connectivity index (χ0v) is 14.0. The summed E-state index contributed by atoms with van der Waals surface area (Å²) in [5, 5.41) is 4.98. The van der Waals surface area contributed by atoms with Gasteiger partial charge in [0.25, 0.3) is 10.0 Å². The van der Waals surface area contributed by atoms with Gasteiger partial charge in [-0.25, -0.2) is 8.42 Å². The predicted molar refractivity (Wildman–Crippen MR) is 85.1 cm³/mol. The first-order valence-corrected chi connectivity index (χ1v) is 9.89. The van der Waals surface area contributed by atoms with E-state index in [-0.39, 0.29) is 0 Å². The molecule has 1 aromatic heterocycles. The summed E-state index contributed by atoms with van der Waals surface area (Å²) in [5.41, 5.74) is 1.04. The minimum atomic E-state index is -3.30. The van der Waals surface area contributed by atoms with Gasteiger partial charge in [0.15, 0.2) is 0 Å². The fourth-order valence-electron chi connectivity index (χ4n) is 3.25. The van der Waals surface area contributed by atoms with Crippen LogP contribution in [0.2, 0.25) is 0 Å². The maximum Gasteiger partial charge on any atom is 0.252 e. The highest BCUT2D eigenvalue weighted by Gasteiger charge is 2.36. The molecule has 21 heavy (non-hydrogen) atoms. The van der Waals surface area contributed by atoms with E-state index in [4.69, 9.17) is 0 Å². The summed E-state index contributed by atoms with van der Waals surface area (Å²) >= 11 is 1.33. The van der Waals surface area contributed by atoms with E-state index in [1.165, 1.54) is 24.2 Å². The lowest BCUT2D eigenvalue weighted by atomic mass is 10.2. The summed E-state index contributed by atoms with van der Waals surface area (Å²) in [5.74, 6) is 0. The van der Waals surface area contributed by atoms with E-state index < -0.39 is 10.0 Å². The van der Waals surface area contributed by atoms with E-state index in [1.54, 1.807) is 10.4 Å². The first-order valence-electron chi connectivity index (χ1n) is 7.57. The molecule has 0 saturated carbocycles. The molecule has 1 N–H and O–H groups in total. The Balaban J connectivity index is 1.70. The van der Waals surface area contributed by atoms with Crippen LogP contribution in [0.4, 0.5) is 0 Å². The molecular formula is C14H23N3O2S2. The lowest BCUT2D eigenvalue weighted by molar-refractivity contribution is 0.251. The third kappa shape index (κ3) is 3.17. The van der Waals surface area contributed by atoms with E-state index in [2.05, 4.69) is 10.2 Å². The molecular weight excluding hydrogens is 306 g/mol. The van der Waals surface area contributed by atoms with Crippen LogP contribution in [0.3, 0.4) is 0 Å². The number of nitrogens with zero attached hydrogens (tertiary/aromatic N) is 2. The monoisotopic (exact) mass is 329 g/mol. The van der Waals surface area contributed by atoms with Crippen LogP contribution < -0.4 is 5.32 Å². The van der Waals surface area contributed by atoms with Crippen LogP contribution in [0.25, 0.3) is 0 Å². The maximum absolute atomic E-state index is 12.7. The van der Waals surface area contributed by atoms with Gasteiger partial charge in [0.05, 0.1) is 0 Å². The fraction of sp³-hybridized carbons (Fsp3) is 0.714. The minimum absolute atomic E-state index is 0.416.